The molecule has 6 heteroatoms. The summed E-state index contributed by atoms with van der Waals surface area (Å²) in [7, 11) is -1.72. The first kappa shape index (κ1) is 13.1. The molecule has 2 rings (SSSR count). The highest BCUT2D eigenvalue weighted by Gasteiger charge is 2.18. The van der Waals surface area contributed by atoms with Crippen LogP contribution in [0.4, 0.5) is 0 Å². The van der Waals surface area contributed by atoms with Gasteiger partial charge in [-0.15, -0.1) is 0 Å². The van der Waals surface area contributed by atoms with Gasteiger partial charge in [-0.2, -0.15) is 5.10 Å². The number of hydrogen-bond acceptors (Lipinski definition) is 3. The molecule has 0 unspecified atom stereocenters. The van der Waals surface area contributed by atoms with Gasteiger partial charge < -0.3 is 0 Å². The largest absolute Gasteiger partial charge is 0.274 e. The quantitative estimate of drug-likeness (QED) is 0.869. The van der Waals surface area contributed by atoms with Gasteiger partial charge in [0.15, 0.2) is 9.84 Å². The molecule has 4 nitrogen and oxygen atoms in total. The van der Waals surface area contributed by atoms with Crippen LogP contribution >= 0.6 is 11.6 Å². The van der Waals surface area contributed by atoms with Crippen molar-refractivity contribution in [3.05, 3.63) is 46.7 Å². The molecule has 0 saturated heterocycles. The van der Waals surface area contributed by atoms with Crippen LogP contribution in [0.1, 0.15) is 11.1 Å². The molecule has 0 radical (unpaired) electrons. The Hall–Kier alpha value is -1.33. The normalized spacial score (nSPS) is 11.7. The lowest BCUT2D eigenvalue weighted by atomic mass is 10.2. The molecule has 18 heavy (non-hydrogen) atoms. The Kier molecular flexibility index (Phi) is 3.45. The van der Waals surface area contributed by atoms with Gasteiger partial charge in [-0.1, -0.05) is 23.7 Å². The summed E-state index contributed by atoms with van der Waals surface area (Å²) in [5.74, 6) is -0.113. The highest BCUT2D eigenvalue weighted by molar-refractivity contribution is 7.90. The van der Waals surface area contributed by atoms with E-state index in [4.69, 9.17) is 11.6 Å². The molecular formula is C12H13ClN2O2S. The third-order valence-electron chi connectivity index (χ3n) is 2.59. The van der Waals surface area contributed by atoms with Crippen molar-refractivity contribution in [1.29, 1.82) is 0 Å². The summed E-state index contributed by atoms with van der Waals surface area (Å²) in [5, 5.41) is 4.34. The minimum Gasteiger partial charge on any atom is -0.274 e. The highest BCUT2D eigenvalue weighted by atomic mass is 35.5. The maximum atomic E-state index is 12.1. The fourth-order valence-corrected chi connectivity index (χ4v) is 3.35. The van der Waals surface area contributed by atoms with Gasteiger partial charge in [0.05, 0.1) is 11.9 Å². The summed E-state index contributed by atoms with van der Waals surface area (Å²) in [6.45, 7) is 1.91. The highest BCUT2D eigenvalue weighted by Crippen LogP contribution is 2.22. The van der Waals surface area contributed by atoms with Crippen molar-refractivity contribution in [2.24, 2.45) is 7.05 Å². The first-order chi connectivity index (χ1) is 8.38. The van der Waals surface area contributed by atoms with Crippen molar-refractivity contribution in [2.75, 3.05) is 0 Å². The number of rotatable bonds is 3. The van der Waals surface area contributed by atoms with E-state index in [9.17, 15) is 8.42 Å². The number of aryl methyl sites for hydroxylation is 2. The predicted octanol–water partition coefficient (Wildman–Crippen LogP) is 2.36. The van der Waals surface area contributed by atoms with Gasteiger partial charge >= 0.3 is 0 Å². The Balaban J connectivity index is 2.33. The van der Waals surface area contributed by atoms with Gasteiger partial charge in [0.25, 0.3) is 0 Å². The van der Waals surface area contributed by atoms with E-state index < -0.39 is 9.84 Å². The molecule has 96 valence electrons. The molecule has 0 aliphatic heterocycles. The summed E-state index contributed by atoms with van der Waals surface area (Å²) in [5.41, 5.74) is 1.61. The maximum Gasteiger partial charge on any atom is 0.185 e. The molecule has 0 N–H and O–H groups in total. The van der Waals surface area contributed by atoms with Gasteiger partial charge in [0.2, 0.25) is 0 Å². The Morgan fingerprint density at radius 3 is 2.67 bits per heavy atom. The standard InChI is InChI=1S/C12H13ClN2O2S/c1-9-3-4-10(12(13)5-9)8-18(16,17)11-6-14-15(2)7-11/h3-7H,8H2,1-2H3. The zero-order valence-electron chi connectivity index (χ0n) is 10.1. The van der Waals surface area contributed by atoms with Gasteiger partial charge in [-0.25, -0.2) is 8.42 Å². The molecule has 0 saturated carbocycles. The fourth-order valence-electron chi connectivity index (χ4n) is 1.62. The Morgan fingerprint density at radius 2 is 2.11 bits per heavy atom. The minimum absolute atomic E-state index is 0.113. The first-order valence-electron chi connectivity index (χ1n) is 5.35. The number of benzene rings is 1. The molecule has 1 aromatic heterocycles. The molecule has 0 fully saturated rings. The van der Waals surface area contributed by atoms with Crippen molar-refractivity contribution in [3.63, 3.8) is 0 Å². The Morgan fingerprint density at radius 1 is 1.39 bits per heavy atom. The van der Waals surface area contributed by atoms with Crippen molar-refractivity contribution >= 4 is 21.4 Å². The first-order valence-corrected chi connectivity index (χ1v) is 7.38. The fraction of sp³-hybridized carbons (Fsp3) is 0.250. The second-order valence-corrected chi connectivity index (χ2v) is 6.60. The molecule has 1 aromatic carbocycles. The molecule has 0 aliphatic rings. The monoisotopic (exact) mass is 284 g/mol. The van der Waals surface area contributed by atoms with Crippen LogP contribution in [0.3, 0.4) is 0 Å². The van der Waals surface area contributed by atoms with E-state index in [0.717, 1.165) is 5.56 Å². The molecule has 1 heterocycles. The number of aromatic nitrogens is 2. The number of hydrogen-bond donors (Lipinski definition) is 0. The summed E-state index contributed by atoms with van der Waals surface area (Å²) in [4.78, 5) is 0.210. The minimum atomic E-state index is -3.40. The van der Waals surface area contributed by atoms with E-state index in [2.05, 4.69) is 5.10 Å². The lowest BCUT2D eigenvalue weighted by molar-refractivity contribution is 0.595. The smallest absolute Gasteiger partial charge is 0.185 e. The second-order valence-electron chi connectivity index (χ2n) is 4.20. The zero-order valence-corrected chi connectivity index (χ0v) is 11.7. The molecule has 2 aromatic rings. The third kappa shape index (κ3) is 2.73. The molecule has 0 spiro atoms. The van der Waals surface area contributed by atoms with Crippen LogP contribution in [0, 0.1) is 6.92 Å². The lowest BCUT2D eigenvalue weighted by Gasteiger charge is -2.05. The average molecular weight is 285 g/mol. The second kappa shape index (κ2) is 4.74. The summed E-state index contributed by atoms with van der Waals surface area (Å²) >= 11 is 6.04. The van der Waals surface area contributed by atoms with Gasteiger partial charge in [0, 0.05) is 18.3 Å². The topological polar surface area (TPSA) is 52.0 Å². The Bertz CT molecular complexity index is 677. The van der Waals surface area contributed by atoms with E-state index in [1.54, 1.807) is 19.2 Å². The van der Waals surface area contributed by atoms with Crippen LogP contribution in [0.25, 0.3) is 0 Å². The molecule has 0 atom stereocenters. The summed E-state index contributed by atoms with van der Waals surface area (Å²) in [6.07, 6.45) is 2.83. The SMILES string of the molecule is Cc1ccc(CS(=O)(=O)c2cnn(C)c2)c(Cl)c1. The lowest BCUT2D eigenvalue weighted by Crippen LogP contribution is -2.04. The van der Waals surface area contributed by atoms with Crippen LogP contribution in [0.5, 0.6) is 0 Å². The predicted molar refractivity (Wildman–Crippen MR) is 70.3 cm³/mol. The average Bonchev–Trinajstić information content (AvgIpc) is 2.70. The van der Waals surface area contributed by atoms with E-state index in [0.29, 0.717) is 10.6 Å². The van der Waals surface area contributed by atoms with E-state index in [-0.39, 0.29) is 10.6 Å². The molecular weight excluding hydrogens is 272 g/mol. The van der Waals surface area contributed by atoms with Crippen LogP contribution < -0.4 is 0 Å². The van der Waals surface area contributed by atoms with Crippen LogP contribution in [-0.4, -0.2) is 18.2 Å². The van der Waals surface area contributed by atoms with Gasteiger partial charge in [0.1, 0.15) is 4.90 Å². The number of nitrogens with zero attached hydrogens (tertiary/aromatic N) is 2. The van der Waals surface area contributed by atoms with Crippen molar-refractivity contribution in [2.45, 2.75) is 17.6 Å². The van der Waals surface area contributed by atoms with Crippen molar-refractivity contribution in [1.82, 2.24) is 9.78 Å². The van der Waals surface area contributed by atoms with Gasteiger partial charge in [-0.05, 0) is 24.1 Å². The zero-order chi connectivity index (χ0) is 13.3. The van der Waals surface area contributed by atoms with Crippen LogP contribution in [0.15, 0.2) is 35.5 Å². The molecule has 0 aliphatic carbocycles. The van der Waals surface area contributed by atoms with Gasteiger partial charge in [-0.3, -0.25) is 4.68 Å². The maximum absolute atomic E-state index is 12.1. The van der Waals surface area contributed by atoms with Crippen LogP contribution in [-0.2, 0) is 22.6 Å². The Labute approximate surface area is 111 Å². The number of halogens is 1. The number of sulfone groups is 1. The van der Waals surface area contributed by atoms with Crippen LogP contribution in [0.2, 0.25) is 5.02 Å². The third-order valence-corrected chi connectivity index (χ3v) is 4.57. The van der Waals surface area contributed by atoms with Crippen molar-refractivity contribution < 1.29 is 8.42 Å². The van der Waals surface area contributed by atoms with Crippen molar-refractivity contribution in [3.8, 4) is 0 Å². The summed E-state index contributed by atoms with van der Waals surface area (Å²) < 4.78 is 25.7. The van der Waals surface area contributed by atoms with E-state index in [1.807, 2.05) is 13.0 Å². The van der Waals surface area contributed by atoms with E-state index >= 15 is 0 Å². The van der Waals surface area contributed by atoms with E-state index in [1.165, 1.54) is 17.1 Å². The molecule has 0 amide bonds. The summed E-state index contributed by atoms with van der Waals surface area (Å²) in [6, 6.07) is 5.35. The molecule has 0 bridgehead atoms.